The van der Waals surface area contributed by atoms with Crippen molar-refractivity contribution >= 4 is 41.3 Å². The van der Waals surface area contributed by atoms with Crippen LogP contribution in [0, 0.1) is 5.92 Å². The zero-order chi connectivity index (χ0) is 10.6. The zero-order valence-corrected chi connectivity index (χ0v) is 8.90. The minimum atomic E-state index is -1.04. The monoisotopic (exact) mass is 218 g/mol. The van der Waals surface area contributed by atoms with Gasteiger partial charge in [0, 0.05) is 6.42 Å². The van der Waals surface area contributed by atoms with Gasteiger partial charge < -0.3 is 0 Å². The molecule has 0 aliphatic rings. The second kappa shape index (κ2) is 5.24. The van der Waals surface area contributed by atoms with Gasteiger partial charge in [-0.25, -0.2) is 0 Å². The molecule has 13 heavy (non-hydrogen) atoms. The van der Waals surface area contributed by atoms with E-state index in [1.165, 1.54) is 6.92 Å². The summed E-state index contributed by atoms with van der Waals surface area (Å²) >= 11 is 7.00. The molecule has 1 atom stereocenters. The fourth-order valence-corrected chi connectivity index (χ4v) is 1.16. The smallest absolute Gasteiger partial charge is 0.197 e. The van der Waals surface area contributed by atoms with Crippen LogP contribution in [0.5, 0.6) is 0 Å². The Kier molecular flexibility index (Phi) is 5.02. The van der Waals surface area contributed by atoms with E-state index in [0.29, 0.717) is 0 Å². The summed E-state index contributed by atoms with van der Waals surface area (Å²) < 4.78 is 0. The average Bonchev–Trinajstić information content (AvgIpc) is 1.97. The second-order valence-corrected chi connectivity index (χ2v) is 3.57. The number of ketones is 1. The normalized spacial score (nSPS) is 11.9. The van der Waals surface area contributed by atoms with Crippen molar-refractivity contribution in [2.75, 3.05) is 0 Å². The summed E-state index contributed by atoms with van der Waals surface area (Å²) in [6.45, 7) is 4.87. The number of hydrogen-bond donors (Lipinski definition) is 2. The first kappa shape index (κ1) is 12.4. The van der Waals surface area contributed by atoms with E-state index in [9.17, 15) is 14.4 Å². The predicted octanol–water partition coefficient (Wildman–Crippen LogP) is 1.05. The van der Waals surface area contributed by atoms with Crippen LogP contribution in [0.25, 0.3) is 0 Å². The molecule has 5 heteroatoms. The third-order valence-electron chi connectivity index (χ3n) is 1.41. The molecule has 0 aromatic rings. The summed E-state index contributed by atoms with van der Waals surface area (Å²) in [5.74, 6) is -1.49. The fourth-order valence-electron chi connectivity index (χ4n) is 0.764. The van der Waals surface area contributed by atoms with E-state index in [0.717, 1.165) is 0 Å². The molecule has 0 N–H and O–H groups in total. The summed E-state index contributed by atoms with van der Waals surface area (Å²) in [4.78, 5) is 32.7. The molecule has 1 unspecified atom stereocenters. The molecular weight excluding hydrogens is 208 g/mol. The highest BCUT2D eigenvalue weighted by Gasteiger charge is 2.25. The number of hydrogen-bond acceptors (Lipinski definition) is 3. The van der Waals surface area contributed by atoms with Crippen molar-refractivity contribution in [3.05, 3.63) is 12.2 Å². The van der Waals surface area contributed by atoms with E-state index in [2.05, 4.69) is 31.8 Å². The van der Waals surface area contributed by atoms with Crippen LogP contribution in [0.1, 0.15) is 13.3 Å². The van der Waals surface area contributed by atoms with Crippen LogP contribution in [-0.2, 0) is 14.4 Å². The highest BCUT2D eigenvalue weighted by Crippen LogP contribution is 2.14. The van der Waals surface area contributed by atoms with Gasteiger partial charge in [0.1, 0.15) is 0 Å². The molecule has 0 radical (unpaired) electrons. The minimum Gasteiger partial charge on any atom is -0.294 e. The maximum absolute atomic E-state index is 11.3. The van der Waals surface area contributed by atoms with Gasteiger partial charge in [0.15, 0.2) is 16.0 Å². The lowest BCUT2D eigenvalue weighted by molar-refractivity contribution is -0.128. The Labute approximate surface area is 87.4 Å². The lowest BCUT2D eigenvalue weighted by atomic mass is 9.98. The van der Waals surface area contributed by atoms with Crippen LogP contribution in [0.3, 0.4) is 0 Å². The van der Waals surface area contributed by atoms with Crippen molar-refractivity contribution in [1.29, 1.82) is 0 Å². The third kappa shape index (κ3) is 4.28. The molecule has 0 saturated carbocycles. The fraction of sp³-hybridized carbons (Fsp3) is 0.375. The van der Waals surface area contributed by atoms with Gasteiger partial charge in [0.2, 0.25) is 0 Å². The highest BCUT2D eigenvalue weighted by atomic mass is 32.1. The number of rotatable bonds is 5. The van der Waals surface area contributed by atoms with Crippen LogP contribution in [0.15, 0.2) is 12.2 Å². The first-order valence-electron chi connectivity index (χ1n) is 3.50. The van der Waals surface area contributed by atoms with Gasteiger partial charge in [-0.05, 0) is 12.5 Å². The summed E-state index contributed by atoms with van der Waals surface area (Å²) in [7, 11) is 0. The van der Waals surface area contributed by atoms with E-state index < -0.39 is 21.9 Å². The van der Waals surface area contributed by atoms with Gasteiger partial charge in [-0.15, -0.1) is 25.3 Å². The molecule has 0 aromatic carbocycles. The van der Waals surface area contributed by atoms with Gasteiger partial charge >= 0.3 is 0 Å². The van der Waals surface area contributed by atoms with E-state index in [1.807, 2.05) is 0 Å². The Morgan fingerprint density at radius 3 is 2.00 bits per heavy atom. The standard InChI is InChI=1S/C8H10O3S2/c1-4(2)7(10)5(8(11)13)3-6(9)12/h5H,1,3H2,2H3,(H,9,12)(H,11,13). The molecule has 0 fully saturated rings. The Morgan fingerprint density at radius 2 is 1.77 bits per heavy atom. The largest absolute Gasteiger partial charge is 0.294 e. The van der Waals surface area contributed by atoms with Gasteiger partial charge in [-0.3, -0.25) is 14.4 Å². The van der Waals surface area contributed by atoms with Gasteiger partial charge in [-0.2, -0.15) is 0 Å². The van der Waals surface area contributed by atoms with Crippen molar-refractivity contribution in [1.82, 2.24) is 0 Å². The second-order valence-electron chi connectivity index (χ2n) is 2.63. The van der Waals surface area contributed by atoms with Crippen LogP contribution < -0.4 is 0 Å². The third-order valence-corrected chi connectivity index (χ3v) is 1.91. The Hall–Kier alpha value is -0.550. The lowest BCUT2D eigenvalue weighted by Gasteiger charge is -2.08. The summed E-state index contributed by atoms with van der Waals surface area (Å²) in [5, 5.41) is -1.14. The van der Waals surface area contributed by atoms with Gasteiger partial charge in [0.25, 0.3) is 0 Å². The first-order valence-corrected chi connectivity index (χ1v) is 4.40. The van der Waals surface area contributed by atoms with Gasteiger partial charge in [-0.1, -0.05) is 6.58 Å². The maximum atomic E-state index is 11.3. The molecule has 72 valence electrons. The Bertz CT molecular complexity index is 271. The number of Topliss-reactive ketones (excluding diaryl/α,β-unsaturated/α-hetero) is 1. The van der Waals surface area contributed by atoms with Crippen molar-refractivity contribution < 1.29 is 14.4 Å². The molecule has 0 amide bonds. The first-order chi connectivity index (χ1) is 5.86. The highest BCUT2D eigenvalue weighted by molar-refractivity contribution is 7.97. The van der Waals surface area contributed by atoms with Crippen LogP contribution in [0.4, 0.5) is 0 Å². The van der Waals surface area contributed by atoms with Crippen molar-refractivity contribution in [2.45, 2.75) is 13.3 Å². The number of carbonyl (C=O) groups excluding carboxylic acids is 3. The molecule has 0 aliphatic heterocycles. The van der Waals surface area contributed by atoms with Crippen LogP contribution in [-0.4, -0.2) is 16.0 Å². The zero-order valence-electron chi connectivity index (χ0n) is 7.11. The predicted molar refractivity (Wildman–Crippen MR) is 55.9 cm³/mol. The van der Waals surface area contributed by atoms with Crippen LogP contribution >= 0.6 is 25.3 Å². The molecule has 0 rings (SSSR count). The summed E-state index contributed by atoms with van der Waals surface area (Å²) in [6.07, 6.45) is -0.225. The van der Waals surface area contributed by atoms with Crippen molar-refractivity contribution in [3.63, 3.8) is 0 Å². The van der Waals surface area contributed by atoms with Crippen molar-refractivity contribution in [3.8, 4) is 0 Å². The maximum Gasteiger partial charge on any atom is 0.197 e. The number of allylic oxidation sites excluding steroid dienone is 1. The van der Waals surface area contributed by atoms with Crippen LogP contribution in [0.2, 0.25) is 0 Å². The Balaban J connectivity index is 4.61. The molecule has 3 nitrogen and oxygen atoms in total. The number of thiol groups is 2. The minimum absolute atomic E-state index is 0.225. The molecule has 0 saturated heterocycles. The Morgan fingerprint density at radius 1 is 1.31 bits per heavy atom. The lowest BCUT2D eigenvalue weighted by Crippen LogP contribution is -2.23. The van der Waals surface area contributed by atoms with E-state index in [1.54, 1.807) is 0 Å². The quantitative estimate of drug-likeness (QED) is 0.412. The summed E-state index contributed by atoms with van der Waals surface area (Å²) in [5.41, 5.74) is 0.238. The van der Waals surface area contributed by atoms with E-state index in [4.69, 9.17) is 0 Å². The van der Waals surface area contributed by atoms with Crippen molar-refractivity contribution in [2.24, 2.45) is 5.92 Å². The van der Waals surface area contributed by atoms with E-state index in [-0.39, 0.29) is 12.0 Å². The van der Waals surface area contributed by atoms with E-state index >= 15 is 0 Å². The topological polar surface area (TPSA) is 51.2 Å². The molecule has 0 bridgehead atoms. The molecule has 0 aliphatic carbocycles. The average molecular weight is 218 g/mol. The molecular formula is C8H10O3S2. The molecule has 0 heterocycles. The van der Waals surface area contributed by atoms with Gasteiger partial charge in [0.05, 0.1) is 5.92 Å². The molecule has 0 spiro atoms. The molecule has 0 aromatic heterocycles. The number of carbonyl (C=O) groups is 3. The SMILES string of the molecule is C=C(C)C(=O)C(CC(=O)S)C(=O)S. The summed E-state index contributed by atoms with van der Waals surface area (Å²) in [6, 6.07) is 0.